The molecule has 1 aliphatic carbocycles. The Kier molecular flexibility index (Phi) is 2.18. The first-order valence-electron chi connectivity index (χ1n) is 5.15. The van der Waals surface area contributed by atoms with Gasteiger partial charge in [0.2, 0.25) is 5.13 Å². The molecule has 1 fully saturated rings. The highest BCUT2D eigenvalue weighted by molar-refractivity contribution is 7.12. The predicted octanol–water partition coefficient (Wildman–Crippen LogP) is 1.86. The highest BCUT2D eigenvalue weighted by atomic mass is 32.1. The predicted molar refractivity (Wildman–Crippen MR) is 58.3 cm³/mol. The largest absolute Gasteiger partial charge is 0.227 e. The summed E-state index contributed by atoms with van der Waals surface area (Å²) in [5.41, 5.74) is 1.38. The summed E-state index contributed by atoms with van der Waals surface area (Å²) < 4.78 is 1.72. The van der Waals surface area contributed by atoms with E-state index in [0.29, 0.717) is 11.6 Å². The molecule has 80 valence electrons. The van der Waals surface area contributed by atoms with Crippen LogP contribution in [0.4, 0.5) is 0 Å². The van der Waals surface area contributed by atoms with Crippen LogP contribution in [0, 0.1) is 11.3 Å². The molecule has 0 amide bonds. The van der Waals surface area contributed by atoms with Gasteiger partial charge in [-0.05, 0) is 12.8 Å². The van der Waals surface area contributed by atoms with Crippen molar-refractivity contribution < 1.29 is 0 Å². The van der Waals surface area contributed by atoms with Gasteiger partial charge in [0.05, 0.1) is 5.69 Å². The van der Waals surface area contributed by atoms with Crippen molar-refractivity contribution >= 4 is 11.3 Å². The maximum absolute atomic E-state index is 9.01. The molecule has 6 heteroatoms. The molecule has 0 atom stereocenters. The SMILES string of the molecule is N#Cc1nnn(-c2nccs2)c1C1CCC1. The molecule has 0 unspecified atom stereocenters. The Labute approximate surface area is 96.4 Å². The van der Waals surface area contributed by atoms with Gasteiger partial charge in [-0.25, -0.2) is 4.98 Å². The molecule has 0 aliphatic heterocycles. The molecule has 2 heterocycles. The van der Waals surface area contributed by atoms with Crippen molar-refractivity contribution in [2.75, 3.05) is 0 Å². The van der Waals surface area contributed by atoms with Crippen LogP contribution in [0.5, 0.6) is 0 Å². The number of hydrogen-bond acceptors (Lipinski definition) is 5. The Balaban J connectivity index is 2.11. The van der Waals surface area contributed by atoms with Gasteiger partial charge in [-0.3, -0.25) is 0 Å². The van der Waals surface area contributed by atoms with E-state index in [1.165, 1.54) is 17.8 Å². The molecule has 1 aliphatic rings. The van der Waals surface area contributed by atoms with E-state index >= 15 is 0 Å². The molecule has 2 aromatic rings. The fourth-order valence-electron chi connectivity index (χ4n) is 1.88. The first-order valence-corrected chi connectivity index (χ1v) is 6.03. The molecule has 1 saturated carbocycles. The van der Waals surface area contributed by atoms with Gasteiger partial charge in [0.25, 0.3) is 0 Å². The maximum Gasteiger partial charge on any atom is 0.211 e. The number of nitriles is 1. The highest BCUT2D eigenvalue weighted by Crippen LogP contribution is 2.38. The normalized spacial score (nSPS) is 15.7. The summed E-state index contributed by atoms with van der Waals surface area (Å²) in [6.07, 6.45) is 5.19. The molecule has 3 rings (SSSR count). The third-order valence-corrected chi connectivity index (χ3v) is 3.65. The molecular formula is C10H9N5S. The molecule has 0 radical (unpaired) electrons. The van der Waals surface area contributed by atoms with Crippen molar-refractivity contribution in [3.63, 3.8) is 0 Å². The minimum Gasteiger partial charge on any atom is -0.227 e. The zero-order valence-corrected chi connectivity index (χ0v) is 9.31. The van der Waals surface area contributed by atoms with E-state index in [1.54, 1.807) is 10.9 Å². The van der Waals surface area contributed by atoms with Crippen molar-refractivity contribution in [1.82, 2.24) is 20.0 Å². The summed E-state index contributed by atoms with van der Waals surface area (Å²) in [5, 5.41) is 19.6. The summed E-state index contributed by atoms with van der Waals surface area (Å²) >= 11 is 1.51. The van der Waals surface area contributed by atoms with Crippen LogP contribution in [0.25, 0.3) is 5.13 Å². The minimum atomic E-state index is 0.425. The smallest absolute Gasteiger partial charge is 0.211 e. The Morgan fingerprint density at radius 1 is 1.50 bits per heavy atom. The number of nitrogens with zero attached hydrogens (tertiary/aromatic N) is 5. The lowest BCUT2D eigenvalue weighted by Crippen LogP contribution is -2.15. The first-order chi connectivity index (χ1) is 7.90. The van der Waals surface area contributed by atoms with Crippen molar-refractivity contribution in [2.45, 2.75) is 25.2 Å². The molecule has 16 heavy (non-hydrogen) atoms. The summed E-state index contributed by atoms with van der Waals surface area (Å²) in [7, 11) is 0. The van der Waals surface area contributed by atoms with Crippen LogP contribution in [0.15, 0.2) is 11.6 Å². The zero-order valence-electron chi connectivity index (χ0n) is 8.50. The van der Waals surface area contributed by atoms with E-state index in [9.17, 15) is 0 Å². The molecule has 0 aromatic carbocycles. The topological polar surface area (TPSA) is 67.4 Å². The van der Waals surface area contributed by atoms with Gasteiger partial charge in [0.15, 0.2) is 5.69 Å². The van der Waals surface area contributed by atoms with E-state index in [0.717, 1.165) is 23.7 Å². The van der Waals surface area contributed by atoms with Crippen LogP contribution in [-0.4, -0.2) is 20.0 Å². The van der Waals surface area contributed by atoms with Gasteiger partial charge in [-0.15, -0.1) is 16.4 Å². The van der Waals surface area contributed by atoms with Crippen molar-refractivity contribution in [2.24, 2.45) is 0 Å². The fraction of sp³-hybridized carbons (Fsp3) is 0.400. The summed E-state index contributed by atoms with van der Waals surface area (Å²) in [5.74, 6) is 0.425. The first kappa shape index (κ1) is 9.48. The van der Waals surface area contributed by atoms with E-state index < -0.39 is 0 Å². The lowest BCUT2D eigenvalue weighted by atomic mass is 9.82. The quantitative estimate of drug-likeness (QED) is 0.791. The standard InChI is InChI=1S/C10H9N5S/c11-6-8-9(7-2-1-3-7)15(14-13-8)10-12-4-5-16-10/h4-5,7H,1-3H2. The number of rotatable bonds is 2. The summed E-state index contributed by atoms with van der Waals surface area (Å²) in [6.45, 7) is 0. The molecule has 0 bridgehead atoms. The fourth-order valence-corrected chi connectivity index (χ4v) is 2.48. The van der Waals surface area contributed by atoms with E-state index in [4.69, 9.17) is 5.26 Å². The summed E-state index contributed by atoms with van der Waals surface area (Å²) in [4.78, 5) is 4.21. The van der Waals surface area contributed by atoms with E-state index in [-0.39, 0.29) is 0 Å². The molecule has 0 saturated heterocycles. The lowest BCUT2D eigenvalue weighted by molar-refractivity contribution is 0.402. The maximum atomic E-state index is 9.01. The third-order valence-electron chi connectivity index (χ3n) is 2.90. The summed E-state index contributed by atoms with van der Waals surface area (Å²) in [6, 6.07) is 2.11. The number of hydrogen-bond donors (Lipinski definition) is 0. The van der Waals surface area contributed by atoms with Gasteiger partial charge in [-0.1, -0.05) is 11.6 Å². The van der Waals surface area contributed by atoms with Crippen LogP contribution in [0.1, 0.15) is 36.6 Å². The van der Waals surface area contributed by atoms with E-state index in [2.05, 4.69) is 21.4 Å². The van der Waals surface area contributed by atoms with Gasteiger partial charge in [0, 0.05) is 17.5 Å². The van der Waals surface area contributed by atoms with Gasteiger partial charge < -0.3 is 0 Å². The molecule has 5 nitrogen and oxygen atoms in total. The number of aromatic nitrogens is 4. The second-order valence-electron chi connectivity index (χ2n) is 3.79. The van der Waals surface area contributed by atoms with Crippen LogP contribution in [-0.2, 0) is 0 Å². The van der Waals surface area contributed by atoms with E-state index in [1.807, 2.05) is 5.38 Å². The Hall–Kier alpha value is -1.74. The lowest BCUT2D eigenvalue weighted by Gasteiger charge is -2.25. The van der Waals surface area contributed by atoms with Crippen molar-refractivity contribution in [3.8, 4) is 11.2 Å². The molecule has 0 N–H and O–H groups in total. The molecule has 0 spiro atoms. The Morgan fingerprint density at radius 2 is 2.38 bits per heavy atom. The Morgan fingerprint density at radius 3 is 2.94 bits per heavy atom. The van der Waals surface area contributed by atoms with Crippen LogP contribution in [0.3, 0.4) is 0 Å². The van der Waals surface area contributed by atoms with Crippen molar-refractivity contribution in [3.05, 3.63) is 23.0 Å². The van der Waals surface area contributed by atoms with Crippen LogP contribution >= 0.6 is 11.3 Å². The second kappa shape index (κ2) is 3.68. The van der Waals surface area contributed by atoms with Gasteiger partial charge in [0.1, 0.15) is 6.07 Å². The molecular weight excluding hydrogens is 222 g/mol. The van der Waals surface area contributed by atoms with Gasteiger partial charge >= 0.3 is 0 Å². The van der Waals surface area contributed by atoms with Gasteiger partial charge in [-0.2, -0.15) is 9.94 Å². The zero-order chi connectivity index (χ0) is 11.0. The minimum absolute atomic E-state index is 0.425. The number of thiazole rings is 1. The average molecular weight is 231 g/mol. The highest BCUT2D eigenvalue weighted by Gasteiger charge is 2.28. The second-order valence-corrected chi connectivity index (χ2v) is 4.66. The third kappa shape index (κ3) is 1.32. The average Bonchev–Trinajstić information content (AvgIpc) is 2.82. The Bertz CT molecular complexity index is 532. The van der Waals surface area contributed by atoms with Crippen LogP contribution < -0.4 is 0 Å². The van der Waals surface area contributed by atoms with Crippen LogP contribution in [0.2, 0.25) is 0 Å². The molecule has 2 aromatic heterocycles. The van der Waals surface area contributed by atoms with Crippen molar-refractivity contribution in [1.29, 1.82) is 5.26 Å². The monoisotopic (exact) mass is 231 g/mol.